The lowest BCUT2D eigenvalue weighted by atomic mass is 10.1. The largest absolute Gasteiger partial charge is 0.496 e. The second-order valence-electron chi connectivity index (χ2n) is 7.48. The molecule has 0 spiro atoms. The van der Waals surface area contributed by atoms with Crippen molar-refractivity contribution in [3.8, 4) is 17.1 Å². The molecule has 0 unspecified atom stereocenters. The zero-order chi connectivity index (χ0) is 18.8. The first kappa shape index (κ1) is 17.9. The average Bonchev–Trinajstić information content (AvgIpc) is 3.44. The molecule has 1 amide bonds. The van der Waals surface area contributed by atoms with Crippen LogP contribution in [0.2, 0.25) is 0 Å². The number of amides is 1. The molecule has 1 saturated heterocycles. The van der Waals surface area contributed by atoms with Crippen molar-refractivity contribution >= 4 is 11.6 Å². The Morgan fingerprint density at radius 3 is 2.67 bits per heavy atom. The Kier molecular flexibility index (Phi) is 5.05. The number of benzene rings is 1. The third kappa shape index (κ3) is 4.10. The Morgan fingerprint density at radius 2 is 2.04 bits per heavy atom. The van der Waals surface area contributed by atoms with E-state index in [4.69, 9.17) is 9.15 Å². The number of methoxy groups -OCH3 is 1. The first-order chi connectivity index (χ1) is 13.1. The number of aryl methyl sites for hydroxylation is 1. The van der Waals surface area contributed by atoms with Crippen molar-refractivity contribution in [2.24, 2.45) is 5.92 Å². The van der Waals surface area contributed by atoms with Gasteiger partial charge in [-0.1, -0.05) is 12.8 Å². The molecular formula is C21H27N3O3. The molecule has 1 aliphatic heterocycles. The summed E-state index contributed by atoms with van der Waals surface area (Å²) < 4.78 is 11.2. The molecule has 144 valence electrons. The summed E-state index contributed by atoms with van der Waals surface area (Å²) in [4.78, 5) is 20.8. The number of ether oxygens (including phenoxy) is 1. The summed E-state index contributed by atoms with van der Waals surface area (Å²) in [5.41, 5.74) is 2.01. The van der Waals surface area contributed by atoms with E-state index in [2.05, 4.69) is 16.0 Å². The van der Waals surface area contributed by atoms with Gasteiger partial charge in [-0.05, 0) is 24.5 Å². The lowest BCUT2D eigenvalue weighted by Gasteiger charge is -2.36. The average molecular weight is 369 g/mol. The molecule has 1 aliphatic carbocycles. The number of aromatic nitrogens is 1. The first-order valence-electron chi connectivity index (χ1n) is 9.77. The van der Waals surface area contributed by atoms with E-state index in [1.165, 1.54) is 12.8 Å². The van der Waals surface area contributed by atoms with Gasteiger partial charge in [0, 0.05) is 51.3 Å². The van der Waals surface area contributed by atoms with Crippen LogP contribution >= 0.6 is 0 Å². The van der Waals surface area contributed by atoms with Crippen molar-refractivity contribution in [1.82, 2.24) is 9.88 Å². The lowest BCUT2D eigenvalue weighted by Crippen LogP contribution is -2.48. The Morgan fingerprint density at radius 1 is 1.26 bits per heavy atom. The van der Waals surface area contributed by atoms with Crippen molar-refractivity contribution in [2.45, 2.75) is 32.6 Å². The van der Waals surface area contributed by atoms with Crippen molar-refractivity contribution in [1.29, 1.82) is 0 Å². The van der Waals surface area contributed by atoms with Crippen LogP contribution in [0.4, 0.5) is 5.69 Å². The zero-order valence-corrected chi connectivity index (χ0v) is 16.1. The van der Waals surface area contributed by atoms with Crippen LogP contribution in [0.5, 0.6) is 5.75 Å². The maximum atomic E-state index is 12.3. The van der Waals surface area contributed by atoms with Gasteiger partial charge in [-0.15, -0.1) is 0 Å². The molecule has 0 N–H and O–H groups in total. The molecule has 2 fully saturated rings. The predicted octanol–water partition coefficient (Wildman–Crippen LogP) is 3.50. The van der Waals surface area contributed by atoms with Crippen LogP contribution in [0.1, 0.15) is 31.6 Å². The number of nitrogens with zero attached hydrogens (tertiary/aromatic N) is 3. The SMILES string of the molecule is COc1cc(N2CCN(C(=O)CCC3CC3)CC2)ccc1-c1cnc(C)o1. The number of hydrogen-bond donors (Lipinski definition) is 0. The normalized spacial score (nSPS) is 17.3. The number of rotatable bonds is 6. The van der Waals surface area contributed by atoms with E-state index in [-0.39, 0.29) is 0 Å². The summed E-state index contributed by atoms with van der Waals surface area (Å²) in [5, 5.41) is 0. The maximum Gasteiger partial charge on any atom is 0.222 e. The standard InChI is InChI=1S/C21H27N3O3/c1-15-22-14-20(27-15)18-7-6-17(13-19(18)26-2)23-9-11-24(12-10-23)21(25)8-5-16-3-4-16/h6-7,13-14,16H,3-5,8-12H2,1-2H3. The van der Waals surface area contributed by atoms with Crippen molar-refractivity contribution in [2.75, 3.05) is 38.2 Å². The van der Waals surface area contributed by atoms with E-state index in [0.717, 1.165) is 55.5 Å². The first-order valence-corrected chi connectivity index (χ1v) is 9.77. The van der Waals surface area contributed by atoms with Crippen LogP contribution < -0.4 is 9.64 Å². The smallest absolute Gasteiger partial charge is 0.222 e. The Hall–Kier alpha value is -2.50. The molecule has 4 rings (SSSR count). The van der Waals surface area contributed by atoms with Gasteiger partial charge < -0.3 is 19.0 Å². The second-order valence-corrected chi connectivity index (χ2v) is 7.48. The van der Waals surface area contributed by atoms with E-state index in [0.29, 0.717) is 24.0 Å². The van der Waals surface area contributed by atoms with Crippen LogP contribution in [0, 0.1) is 12.8 Å². The van der Waals surface area contributed by atoms with E-state index < -0.39 is 0 Å². The number of anilines is 1. The maximum absolute atomic E-state index is 12.3. The second kappa shape index (κ2) is 7.62. The minimum Gasteiger partial charge on any atom is -0.496 e. The number of carbonyl (C=O) groups is 1. The topological polar surface area (TPSA) is 58.8 Å². The van der Waals surface area contributed by atoms with E-state index in [9.17, 15) is 4.79 Å². The fraction of sp³-hybridized carbons (Fsp3) is 0.524. The van der Waals surface area contributed by atoms with Crippen LogP contribution in [0.3, 0.4) is 0 Å². The molecule has 6 heteroatoms. The van der Waals surface area contributed by atoms with Crippen molar-refractivity contribution < 1.29 is 13.9 Å². The third-order valence-corrected chi connectivity index (χ3v) is 5.53. The third-order valence-electron chi connectivity index (χ3n) is 5.53. The summed E-state index contributed by atoms with van der Waals surface area (Å²) in [6.07, 6.45) is 6.13. The zero-order valence-electron chi connectivity index (χ0n) is 16.1. The van der Waals surface area contributed by atoms with Gasteiger partial charge in [-0.25, -0.2) is 4.98 Å². The fourth-order valence-corrected chi connectivity index (χ4v) is 3.67. The number of hydrogen-bond acceptors (Lipinski definition) is 5. The molecule has 27 heavy (non-hydrogen) atoms. The van der Waals surface area contributed by atoms with Crippen LogP contribution in [-0.2, 0) is 4.79 Å². The molecule has 0 radical (unpaired) electrons. The Labute approximate surface area is 160 Å². The number of carbonyl (C=O) groups excluding carboxylic acids is 1. The molecule has 0 atom stereocenters. The Balaban J connectivity index is 1.39. The molecule has 2 aromatic rings. The predicted molar refractivity (Wildman–Crippen MR) is 104 cm³/mol. The highest BCUT2D eigenvalue weighted by atomic mass is 16.5. The highest BCUT2D eigenvalue weighted by Gasteiger charge is 2.26. The van der Waals surface area contributed by atoms with Crippen LogP contribution in [0.25, 0.3) is 11.3 Å². The van der Waals surface area contributed by atoms with Gasteiger partial charge in [0.1, 0.15) is 5.75 Å². The molecule has 1 aromatic carbocycles. The minimum atomic E-state index is 0.315. The van der Waals surface area contributed by atoms with E-state index in [1.807, 2.05) is 24.0 Å². The van der Waals surface area contributed by atoms with Crippen LogP contribution in [-0.4, -0.2) is 49.1 Å². The summed E-state index contributed by atoms with van der Waals surface area (Å²) in [7, 11) is 1.67. The van der Waals surface area contributed by atoms with Gasteiger partial charge in [0.25, 0.3) is 0 Å². The van der Waals surface area contributed by atoms with Gasteiger partial charge in [0.15, 0.2) is 11.7 Å². The van der Waals surface area contributed by atoms with E-state index >= 15 is 0 Å². The Bertz CT molecular complexity index is 805. The summed E-state index contributed by atoms with van der Waals surface area (Å²) >= 11 is 0. The van der Waals surface area contributed by atoms with Crippen LogP contribution in [0.15, 0.2) is 28.8 Å². The lowest BCUT2D eigenvalue weighted by molar-refractivity contribution is -0.131. The van der Waals surface area contributed by atoms with E-state index in [1.54, 1.807) is 13.3 Å². The van der Waals surface area contributed by atoms with Gasteiger partial charge in [-0.3, -0.25) is 4.79 Å². The highest BCUT2D eigenvalue weighted by Crippen LogP contribution is 2.35. The molecular weight excluding hydrogens is 342 g/mol. The summed E-state index contributed by atoms with van der Waals surface area (Å²) in [6, 6.07) is 6.14. The molecule has 1 aromatic heterocycles. The molecule has 6 nitrogen and oxygen atoms in total. The van der Waals surface area contributed by atoms with Gasteiger partial charge in [0.05, 0.1) is 18.9 Å². The monoisotopic (exact) mass is 369 g/mol. The molecule has 1 saturated carbocycles. The number of piperazine rings is 1. The molecule has 0 bridgehead atoms. The van der Waals surface area contributed by atoms with Gasteiger partial charge in [0.2, 0.25) is 5.91 Å². The van der Waals surface area contributed by atoms with Crippen molar-refractivity contribution in [3.63, 3.8) is 0 Å². The minimum absolute atomic E-state index is 0.315. The quantitative estimate of drug-likeness (QED) is 0.780. The molecule has 2 heterocycles. The van der Waals surface area contributed by atoms with Crippen molar-refractivity contribution in [3.05, 3.63) is 30.3 Å². The summed E-state index contributed by atoms with van der Waals surface area (Å²) in [6.45, 7) is 5.09. The number of oxazole rings is 1. The molecule has 2 aliphatic rings. The summed E-state index contributed by atoms with van der Waals surface area (Å²) in [5.74, 6) is 3.25. The fourth-order valence-electron chi connectivity index (χ4n) is 3.67. The van der Waals surface area contributed by atoms with Gasteiger partial charge in [-0.2, -0.15) is 0 Å². The van der Waals surface area contributed by atoms with Gasteiger partial charge >= 0.3 is 0 Å². The highest BCUT2D eigenvalue weighted by molar-refractivity contribution is 5.76.